The van der Waals surface area contributed by atoms with Gasteiger partial charge in [0.25, 0.3) is 0 Å². The summed E-state index contributed by atoms with van der Waals surface area (Å²) in [5, 5.41) is 1.03. The van der Waals surface area contributed by atoms with Crippen LogP contribution in [0, 0.1) is 6.92 Å². The Kier molecular flexibility index (Phi) is 4.85. The predicted octanol–water partition coefficient (Wildman–Crippen LogP) is 3.17. The maximum atomic E-state index is 12.1. The standard InChI is InChI=1S/C23H25NO4/c1-14(2)18-10-19-17(9-23(25)28-21(19)7-15(18)3)12-24(4)11-16-5-6-20-22(8-16)27-13-26-20/h5-10,14H,11-13H2,1-4H3/p+1. The Hall–Kier alpha value is -2.79. The van der Waals surface area contributed by atoms with Crippen molar-refractivity contribution in [1.82, 2.24) is 0 Å². The SMILES string of the molecule is Cc1cc2oc(=O)cc(C[NH+](C)Cc3ccc4c(c3)OCO4)c2cc1C(C)C. The summed E-state index contributed by atoms with van der Waals surface area (Å²) in [6.45, 7) is 8.27. The Morgan fingerprint density at radius 2 is 1.82 bits per heavy atom. The van der Waals surface area contributed by atoms with E-state index in [0.29, 0.717) is 11.5 Å². The summed E-state index contributed by atoms with van der Waals surface area (Å²) in [5.74, 6) is 2.01. The number of ether oxygens (including phenoxy) is 2. The van der Waals surface area contributed by atoms with Gasteiger partial charge in [-0.25, -0.2) is 4.79 Å². The number of quaternary nitrogens is 1. The Morgan fingerprint density at radius 1 is 1.04 bits per heavy atom. The van der Waals surface area contributed by atoms with Gasteiger partial charge in [0.05, 0.1) is 7.05 Å². The van der Waals surface area contributed by atoms with Crippen LogP contribution in [0.15, 0.2) is 45.6 Å². The molecule has 5 heteroatoms. The lowest BCUT2D eigenvalue weighted by Gasteiger charge is -2.17. The van der Waals surface area contributed by atoms with Crippen LogP contribution < -0.4 is 20.0 Å². The molecule has 2 heterocycles. The highest BCUT2D eigenvalue weighted by atomic mass is 16.7. The van der Waals surface area contributed by atoms with E-state index in [-0.39, 0.29) is 12.4 Å². The van der Waals surface area contributed by atoms with Crippen LogP contribution in [0.2, 0.25) is 0 Å². The molecule has 0 fully saturated rings. The lowest BCUT2D eigenvalue weighted by Crippen LogP contribution is -3.06. The normalized spacial score (nSPS) is 14.0. The van der Waals surface area contributed by atoms with Crippen molar-refractivity contribution in [2.75, 3.05) is 13.8 Å². The van der Waals surface area contributed by atoms with Gasteiger partial charge >= 0.3 is 5.63 Å². The van der Waals surface area contributed by atoms with Gasteiger partial charge in [-0.05, 0) is 54.3 Å². The molecule has 1 aliphatic rings. The molecule has 2 aromatic carbocycles. The van der Waals surface area contributed by atoms with Crippen LogP contribution in [0.4, 0.5) is 0 Å². The Bertz CT molecular complexity index is 1080. The zero-order valence-corrected chi connectivity index (χ0v) is 16.8. The first-order valence-electron chi connectivity index (χ1n) is 9.68. The highest BCUT2D eigenvalue weighted by Gasteiger charge is 2.17. The van der Waals surface area contributed by atoms with Crippen molar-refractivity contribution in [2.24, 2.45) is 0 Å². The van der Waals surface area contributed by atoms with Gasteiger partial charge in [-0.2, -0.15) is 0 Å². The monoisotopic (exact) mass is 380 g/mol. The van der Waals surface area contributed by atoms with E-state index in [1.54, 1.807) is 6.07 Å². The summed E-state index contributed by atoms with van der Waals surface area (Å²) >= 11 is 0. The van der Waals surface area contributed by atoms with E-state index in [4.69, 9.17) is 13.9 Å². The first-order valence-corrected chi connectivity index (χ1v) is 9.68. The third-order valence-corrected chi connectivity index (χ3v) is 5.27. The van der Waals surface area contributed by atoms with Crippen molar-refractivity contribution in [1.29, 1.82) is 0 Å². The molecule has 0 saturated heterocycles. The second kappa shape index (κ2) is 7.32. The molecular formula is C23H26NO4+. The zero-order valence-electron chi connectivity index (χ0n) is 16.8. The smallest absolute Gasteiger partial charge is 0.336 e. The summed E-state index contributed by atoms with van der Waals surface area (Å²) in [6, 6.07) is 11.8. The highest BCUT2D eigenvalue weighted by Crippen LogP contribution is 2.32. The van der Waals surface area contributed by atoms with Crippen molar-refractivity contribution < 1.29 is 18.8 Å². The summed E-state index contributed by atoms with van der Waals surface area (Å²) < 4.78 is 16.3. The molecule has 1 aromatic heterocycles. The molecular weight excluding hydrogens is 354 g/mol. The zero-order chi connectivity index (χ0) is 19.8. The molecule has 28 heavy (non-hydrogen) atoms. The van der Waals surface area contributed by atoms with Crippen molar-refractivity contribution in [3.63, 3.8) is 0 Å². The summed E-state index contributed by atoms with van der Waals surface area (Å²) in [7, 11) is 2.13. The molecule has 0 aliphatic carbocycles. The van der Waals surface area contributed by atoms with Crippen LogP contribution in [0.1, 0.15) is 42.0 Å². The second-order valence-electron chi connectivity index (χ2n) is 7.95. The molecule has 1 aliphatic heterocycles. The highest BCUT2D eigenvalue weighted by molar-refractivity contribution is 5.82. The van der Waals surface area contributed by atoms with Crippen LogP contribution in [0.25, 0.3) is 11.0 Å². The van der Waals surface area contributed by atoms with Gasteiger partial charge in [0.1, 0.15) is 18.7 Å². The van der Waals surface area contributed by atoms with E-state index in [1.807, 2.05) is 18.2 Å². The van der Waals surface area contributed by atoms with E-state index < -0.39 is 0 Å². The molecule has 1 unspecified atom stereocenters. The molecule has 5 nitrogen and oxygen atoms in total. The first kappa shape index (κ1) is 18.6. The molecule has 146 valence electrons. The van der Waals surface area contributed by atoms with E-state index in [2.05, 4.69) is 40.0 Å². The van der Waals surface area contributed by atoms with E-state index >= 15 is 0 Å². The number of benzene rings is 2. The fourth-order valence-corrected chi connectivity index (χ4v) is 3.95. The maximum absolute atomic E-state index is 12.1. The number of nitrogens with one attached hydrogen (secondary N) is 1. The molecule has 0 bridgehead atoms. The predicted molar refractivity (Wildman–Crippen MR) is 108 cm³/mol. The van der Waals surface area contributed by atoms with Gasteiger partial charge < -0.3 is 18.8 Å². The van der Waals surface area contributed by atoms with E-state index in [1.165, 1.54) is 16.0 Å². The van der Waals surface area contributed by atoms with Crippen molar-refractivity contribution >= 4 is 11.0 Å². The van der Waals surface area contributed by atoms with Crippen LogP contribution in [0.3, 0.4) is 0 Å². The lowest BCUT2D eigenvalue weighted by molar-refractivity contribution is -0.907. The van der Waals surface area contributed by atoms with Gasteiger partial charge in [0, 0.05) is 22.6 Å². The third kappa shape index (κ3) is 3.62. The van der Waals surface area contributed by atoms with Gasteiger partial charge in [-0.15, -0.1) is 0 Å². The maximum Gasteiger partial charge on any atom is 0.336 e. The molecule has 0 saturated carbocycles. The van der Waals surface area contributed by atoms with E-state index in [0.717, 1.165) is 41.1 Å². The van der Waals surface area contributed by atoms with Gasteiger partial charge in [0.15, 0.2) is 11.5 Å². The number of hydrogen-bond donors (Lipinski definition) is 1. The minimum absolute atomic E-state index is 0.283. The minimum Gasteiger partial charge on any atom is -0.454 e. The Balaban J connectivity index is 1.63. The largest absolute Gasteiger partial charge is 0.454 e. The molecule has 1 N–H and O–H groups in total. The average Bonchev–Trinajstić information content (AvgIpc) is 3.08. The Morgan fingerprint density at radius 3 is 2.61 bits per heavy atom. The molecule has 3 aromatic rings. The number of fused-ring (bicyclic) bond motifs is 2. The lowest BCUT2D eigenvalue weighted by atomic mass is 9.95. The second-order valence-corrected chi connectivity index (χ2v) is 7.95. The molecule has 0 amide bonds. The number of hydrogen-bond acceptors (Lipinski definition) is 4. The molecule has 4 rings (SSSR count). The van der Waals surface area contributed by atoms with E-state index in [9.17, 15) is 4.79 Å². The molecule has 0 radical (unpaired) electrons. The molecule has 1 atom stereocenters. The van der Waals surface area contributed by atoms with Crippen molar-refractivity contribution in [3.05, 3.63) is 69.1 Å². The van der Waals surface area contributed by atoms with Crippen LogP contribution in [-0.4, -0.2) is 13.8 Å². The first-order chi connectivity index (χ1) is 13.4. The Labute approximate surface area is 164 Å². The summed E-state index contributed by atoms with van der Waals surface area (Å²) in [5.41, 5.74) is 5.01. The number of aryl methyl sites for hydroxylation is 1. The van der Waals surface area contributed by atoms with Gasteiger partial charge in [0.2, 0.25) is 6.79 Å². The molecule has 0 spiro atoms. The topological polar surface area (TPSA) is 53.1 Å². The van der Waals surface area contributed by atoms with Gasteiger partial charge in [-0.3, -0.25) is 0 Å². The fourth-order valence-electron chi connectivity index (χ4n) is 3.95. The third-order valence-electron chi connectivity index (χ3n) is 5.27. The van der Waals surface area contributed by atoms with Crippen molar-refractivity contribution in [2.45, 2.75) is 39.8 Å². The average molecular weight is 380 g/mol. The van der Waals surface area contributed by atoms with Crippen LogP contribution in [-0.2, 0) is 13.1 Å². The van der Waals surface area contributed by atoms with Crippen molar-refractivity contribution in [3.8, 4) is 11.5 Å². The quantitative estimate of drug-likeness (QED) is 0.691. The van der Waals surface area contributed by atoms with Crippen LogP contribution in [0.5, 0.6) is 11.5 Å². The minimum atomic E-state index is -0.296. The van der Waals surface area contributed by atoms with Crippen LogP contribution >= 0.6 is 0 Å². The number of rotatable bonds is 5. The fraction of sp³-hybridized carbons (Fsp3) is 0.348. The summed E-state index contributed by atoms with van der Waals surface area (Å²) in [4.78, 5) is 13.4. The van der Waals surface area contributed by atoms with Gasteiger partial charge in [-0.1, -0.05) is 13.8 Å². The summed E-state index contributed by atoms with van der Waals surface area (Å²) in [6.07, 6.45) is 0.